The summed E-state index contributed by atoms with van der Waals surface area (Å²) in [5.74, 6) is 5.34. The lowest BCUT2D eigenvalue weighted by Crippen LogP contribution is -2.29. The third-order valence-electron chi connectivity index (χ3n) is 3.31. The van der Waals surface area contributed by atoms with Gasteiger partial charge in [0.2, 0.25) is 0 Å². The molecule has 100 valence electrons. The van der Waals surface area contributed by atoms with E-state index in [1.165, 1.54) is 17.2 Å². The Morgan fingerprint density at radius 2 is 1.68 bits per heavy atom. The second-order valence-electron chi connectivity index (χ2n) is 4.62. The molecule has 1 unspecified atom stereocenters. The standard InChI is InChI=1S/C15H16BrFN2/c1-9-3-4-11(7-10(9)2)15(19-18)12-5-6-13(16)14(17)8-12/h3-8,15,19H,18H2,1-2H3. The highest BCUT2D eigenvalue weighted by atomic mass is 79.9. The van der Waals surface area contributed by atoms with Crippen LogP contribution in [0.25, 0.3) is 0 Å². The fraction of sp³-hybridized carbons (Fsp3) is 0.200. The van der Waals surface area contributed by atoms with Crippen molar-refractivity contribution in [2.75, 3.05) is 0 Å². The Balaban J connectivity index is 2.43. The average Bonchev–Trinajstić information content (AvgIpc) is 2.39. The van der Waals surface area contributed by atoms with Gasteiger partial charge in [-0.2, -0.15) is 0 Å². The van der Waals surface area contributed by atoms with Gasteiger partial charge in [0.05, 0.1) is 10.5 Å². The lowest BCUT2D eigenvalue weighted by Gasteiger charge is -2.18. The van der Waals surface area contributed by atoms with Crippen molar-refractivity contribution < 1.29 is 4.39 Å². The first-order valence-corrected chi connectivity index (χ1v) is 6.80. The van der Waals surface area contributed by atoms with Crippen LogP contribution in [0.2, 0.25) is 0 Å². The third-order valence-corrected chi connectivity index (χ3v) is 3.95. The monoisotopic (exact) mass is 322 g/mol. The van der Waals surface area contributed by atoms with Crippen LogP contribution in [0.5, 0.6) is 0 Å². The molecule has 2 rings (SSSR count). The van der Waals surface area contributed by atoms with Gasteiger partial charge in [-0.25, -0.2) is 9.82 Å². The van der Waals surface area contributed by atoms with Crippen molar-refractivity contribution in [2.45, 2.75) is 19.9 Å². The predicted octanol–water partition coefficient (Wildman–Crippen LogP) is 3.76. The quantitative estimate of drug-likeness (QED) is 0.667. The number of hydrogen-bond donors (Lipinski definition) is 2. The summed E-state index contributed by atoms with van der Waals surface area (Å²) in [6.45, 7) is 4.11. The number of nitrogens with one attached hydrogen (secondary N) is 1. The highest BCUT2D eigenvalue weighted by Crippen LogP contribution is 2.26. The smallest absolute Gasteiger partial charge is 0.137 e. The first-order chi connectivity index (χ1) is 9.02. The molecule has 0 aromatic heterocycles. The number of rotatable bonds is 3. The van der Waals surface area contributed by atoms with Gasteiger partial charge in [0, 0.05) is 0 Å². The molecule has 2 aromatic carbocycles. The van der Waals surface area contributed by atoms with Crippen molar-refractivity contribution in [3.63, 3.8) is 0 Å². The van der Waals surface area contributed by atoms with Crippen LogP contribution in [0.1, 0.15) is 28.3 Å². The Bertz CT molecular complexity index is 547. The van der Waals surface area contributed by atoms with Crippen LogP contribution in [0.15, 0.2) is 40.9 Å². The molecule has 0 heterocycles. The van der Waals surface area contributed by atoms with Gasteiger partial charge in [-0.1, -0.05) is 24.3 Å². The molecular weight excluding hydrogens is 307 g/mol. The van der Waals surface area contributed by atoms with Gasteiger partial charge in [-0.15, -0.1) is 0 Å². The van der Waals surface area contributed by atoms with Crippen LogP contribution >= 0.6 is 15.9 Å². The van der Waals surface area contributed by atoms with Crippen LogP contribution < -0.4 is 11.3 Å². The summed E-state index contributed by atoms with van der Waals surface area (Å²) in [5, 5.41) is 0. The fourth-order valence-corrected chi connectivity index (χ4v) is 2.27. The Kier molecular flexibility index (Phi) is 4.34. The van der Waals surface area contributed by atoms with E-state index in [2.05, 4.69) is 41.3 Å². The predicted molar refractivity (Wildman–Crippen MR) is 79.2 cm³/mol. The highest BCUT2D eigenvalue weighted by Gasteiger charge is 2.14. The minimum atomic E-state index is -0.290. The fourth-order valence-electron chi connectivity index (χ4n) is 2.02. The first kappa shape index (κ1) is 14.2. The molecular formula is C15H16BrFN2. The van der Waals surface area contributed by atoms with Crippen LogP contribution in [-0.4, -0.2) is 0 Å². The Morgan fingerprint density at radius 1 is 1.05 bits per heavy atom. The first-order valence-electron chi connectivity index (χ1n) is 6.01. The molecule has 0 radical (unpaired) electrons. The van der Waals surface area contributed by atoms with E-state index in [-0.39, 0.29) is 11.9 Å². The summed E-state index contributed by atoms with van der Waals surface area (Å²) in [6, 6.07) is 10.9. The molecule has 0 amide bonds. The second-order valence-corrected chi connectivity index (χ2v) is 5.47. The Hall–Kier alpha value is -1.23. The number of hydrazine groups is 1. The van der Waals surface area contributed by atoms with Gasteiger partial charge in [0.15, 0.2) is 0 Å². The zero-order chi connectivity index (χ0) is 14.0. The average molecular weight is 323 g/mol. The normalized spacial score (nSPS) is 12.5. The van der Waals surface area contributed by atoms with E-state index in [0.29, 0.717) is 4.47 Å². The Labute approximate surface area is 120 Å². The van der Waals surface area contributed by atoms with Gasteiger partial charge >= 0.3 is 0 Å². The topological polar surface area (TPSA) is 38.0 Å². The minimum absolute atomic E-state index is 0.220. The summed E-state index contributed by atoms with van der Waals surface area (Å²) in [7, 11) is 0. The van der Waals surface area contributed by atoms with Crippen LogP contribution in [-0.2, 0) is 0 Å². The number of hydrogen-bond acceptors (Lipinski definition) is 2. The number of halogens is 2. The minimum Gasteiger partial charge on any atom is -0.271 e. The third kappa shape index (κ3) is 3.03. The number of benzene rings is 2. The van der Waals surface area contributed by atoms with Crippen molar-refractivity contribution in [3.05, 3.63) is 68.9 Å². The summed E-state index contributed by atoms with van der Waals surface area (Å²) in [6.07, 6.45) is 0. The molecule has 4 heteroatoms. The molecule has 0 saturated heterocycles. The molecule has 0 fully saturated rings. The van der Waals surface area contributed by atoms with E-state index in [4.69, 9.17) is 5.84 Å². The van der Waals surface area contributed by atoms with Crippen molar-refractivity contribution in [1.82, 2.24) is 5.43 Å². The van der Waals surface area contributed by atoms with Crippen molar-refractivity contribution in [2.24, 2.45) is 5.84 Å². The van der Waals surface area contributed by atoms with E-state index >= 15 is 0 Å². The van der Waals surface area contributed by atoms with Crippen LogP contribution in [0.4, 0.5) is 4.39 Å². The maximum atomic E-state index is 13.6. The van der Waals surface area contributed by atoms with Crippen LogP contribution in [0, 0.1) is 19.7 Å². The molecule has 0 aliphatic rings. The van der Waals surface area contributed by atoms with Gasteiger partial charge in [0.25, 0.3) is 0 Å². The Morgan fingerprint density at radius 3 is 2.26 bits per heavy atom. The van der Waals surface area contributed by atoms with Gasteiger partial charge in [0.1, 0.15) is 5.82 Å². The van der Waals surface area contributed by atoms with E-state index in [1.807, 2.05) is 18.2 Å². The molecule has 0 aliphatic carbocycles. The lowest BCUT2D eigenvalue weighted by atomic mass is 9.96. The summed E-state index contributed by atoms with van der Waals surface area (Å²) >= 11 is 3.15. The largest absolute Gasteiger partial charge is 0.271 e. The second kappa shape index (κ2) is 5.82. The maximum absolute atomic E-state index is 13.6. The lowest BCUT2D eigenvalue weighted by molar-refractivity contribution is 0.600. The van der Waals surface area contributed by atoms with E-state index in [1.54, 1.807) is 6.07 Å². The van der Waals surface area contributed by atoms with Crippen molar-refractivity contribution in [1.29, 1.82) is 0 Å². The molecule has 0 bridgehead atoms. The van der Waals surface area contributed by atoms with Gasteiger partial charge in [-0.3, -0.25) is 5.84 Å². The van der Waals surface area contributed by atoms with E-state index in [0.717, 1.165) is 11.1 Å². The van der Waals surface area contributed by atoms with E-state index < -0.39 is 0 Å². The molecule has 19 heavy (non-hydrogen) atoms. The van der Waals surface area contributed by atoms with E-state index in [9.17, 15) is 4.39 Å². The molecule has 0 saturated carbocycles. The van der Waals surface area contributed by atoms with Crippen molar-refractivity contribution >= 4 is 15.9 Å². The molecule has 0 spiro atoms. The summed E-state index contributed by atoms with van der Waals surface area (Å²) < 4.78 is 14.1. The molecule has 2 nitrogen and oxygen atoms in total. The zero-order valence-electron chi connectivity index (χ0n) is 10.9. The summed E-state index contributed by atoms with van der Waals surface area (Å²) in [5.41, 5.74) is 6.98. The molecule has 0 aliphatic heterocycles. The maximum Gasteiger partial charge on any atom is 0.137 e. The highest BCUT2D eigenvalue weighted by molar-refractivity contribution is 9.10. The number of nitrogens with two attached hydrogens (primary N) is 1. The number of aryl methyl sites for hydroxylation is 2. The molecule has 2 aromatic rings. The SMILES string of the molecule is Cc1ccc(C(NN)c2ccc(Br)c(F)c2)cc1C. The van der Waals surface area contributed by atoms with Crippen LogP contribution in [0.3, 0.4) is 0 Å². The molecule has 3 N–H and O–H groups in total. The van der Waals surface area contributed by atoms with Crippen molar-refractivity contribution in [3.8, 4) is 0 Å². The van der Waals surface area contributed by atoms with Gasteiger partial charge in [-0.05, 0) is 64.2 Å². The summed E-state index contributed by atoms with van der Waals surface area (Å²) in [4.78, 5) is 0. The molecule has 1 atom stereocenters. The van der Waals surface area contributed by atoms with Gasteiger partial charge < -0.3 is 0 Å². The zero-order valence-corrected chi connectivity index (χ0v) is 12.5.